The summed E-state index contributed by atoms with van der Waals surface area (Å²) >= 11 is 0. The molecule has 112 valence electrons. The van der Waals surface area contributed by atoms with Gasteiger partial charge in [0, 0.05) is 12.6 Å². The lowest BCUT2D eigenvalue weighted by Gasteiger charge is -2.17. The molecule has 1 atom stereocenters. The van der Waals surface area contributed by atoms with Gasteiger partial charge < -0.3 is 11.1 Å². The van der Waals surface area contributed by atoms with E-state index in [9.17, 15) is 23.3 Å². The van der Waals surface area contributed by atoms with Crippen molar-refractivity contribution in [2.75, 3.05) is 11.9 Å². The molecule has 0 aliphatic carbocycles. The molecule has 0 fully saturated rings. The van der Waals surface area contributed by atoms with Gasteiger partial charge in [-0.05, 0) is 12.0 Å². The van der Waals surface area contributed by atoms with E-state index in [-0.39, 0.29) is 24.2 Å². The highest BCUT2D eigenvalue weighted by atomic mass is 19.4. The van der Waals surface area contributed by atoms with Crippen LogP contribution in [0.3, 0.4) is 0 Å². The van der Waals surface area contributed by atoms with Gasteiger partial charge >= 0.3 is 11.9 Å². The van der Waals surface area contributed by atoms with E-state index in [0.29, 0.717) is 12.3 Å². The second kappa shape index (κ2) is 6.04. The lowest BCUT2D eigenvalue weighted by atomic mass is 10.1. The van der Waals surface area contributed by atoms with E-state index in [1.807, 2.05) is 13.8 Å². The van der Waals surface area contributed by atoms with E-state index in [4.69, 9.17) is 5.73 Å². The Morgan fingerprint density at radius 1 is 1.50 bits per heavy atom. The summed E-state index contributed by atoms with van der Waals surface area (Å²) in [6, 6.07) is 0.280. The standard InChI is InChI=1S/C11H15F3N4O2/c1-6(2)7(15)4-16-8-3-10(11(12,13)14)17-5-9(8)18(19)20/h3,5-7H,4,15H2,1-2H3,(H,16,17). The van der Waals surface area contributed by atoms with E-state index < -0.39 is 22.5 Å². The molecule has 0 aromatic carbocycles. The summed E-state index contributed by atoms with van der Waals surface area (Å²) in [5.41, 5.74) is 3.79. The molecule has 0 aliphatic rings. The number of alkyl halides is 3. The maximum Gasteiger partial charge on any atom is 0.433 e. The number of aromatic nitrogens is 1. The zero-order valence-corrected chi connectivity index (χ0v) is 10.9. The van der Waals surface area contributed by atoms with Gasteiger partial charge in [0.05, 0.1) is 4.92 Å². The van der Waals surface area contributed by atoms with Crippen LogP contribution in [0.15, 0.2) is 12.3 Å². The van der Waals surface area contributed by atoms with Crippen molar-refractivity contribution >= 4 is 11.4 Å². The Bertz CT molecular complexity index is 491. The molecular weight excluding hydrogens is 277 g/mol. The molecule has 3 N–H and O–H groups in total. The normalized spacial score (nSPS) is 13.3. The Balaban J connectivity index is 3.04. The van der Waals surface area contributed by atoms with Crippen LogP contribution in [-0.4, -0.2) is 22.5 Å². The molecule has 0 amide bonds. The number of nitro groups is 1. The molecule has 0 aliphatic heterocycles. The first kappa shape index (κ1) is 16.2. The van der Waals surface area contributed by atoms with Crippen molar-refractivity contribution in [3.8, 4) is 0 Å². The van der Waals surface area contributed by atoms with Gasteiger partial charge in [-0.3, -0.25) is 10.1 Å². The fraction of sp³-hybridized carbons (Fsp3) is 0.545. The first-order valence-electron chi connectivity index (χ1n) is 5.84. The summed E-state index contributed by atoms with van der Waals surface area (Å²) in [5.74, 6) is 0.0884. The van der Waals surface area contributed by atoms with Crippen LogP contribution in [0.5, 0.6) is 0 Å². The van der Waals surface area contributed by atoms with Crippen LogP contribution in [0, 0.1) is 16.0 Å². The number of hydrogen-bond donors (Lipinski definition) is 2. The number of hydrogen-bond acceptors (Lipinski definition) is 5. The monoisotopic (exact) mass is 292 g/mol. The van der Waals surface area contributed by atoms with Gasteiger partial charge in [0.2, 0.25) is 0 Å². The molecule has 0 saturated carbocycles. The fourth-order valence-electron chi connectivity index (χ4n) is 1.35. The number of pyridine rings is 1. The molecule has 20 heavy (non-hydrogen) atoms. The second-order valence-electron chi connectivity index (χ2n) is 4.63. The molecule has 6 nitrogen and oxygen atoms in total. The zero-order chi connectivity index (χ0) is 15.5. The van der Waals surface area contributed by atoms with E-state index in [1.165, 1.54) is 0 Å². The zero-order valence-electron chi connectivity index (χ0n) is 10.9. The summed E-state index contributed by atoms with van der Waals surface area (Å²) in [6.07, 6.45) is -4.07. The van der Waals surface area contributed by atoms with Gasteiger partial charge in [-0.1, -0.05) is 13.8 Å². The van der Waals surface area contributed by atoms with E-state index in [1.54, 1.807) is 0 Å². The van der Waals surface area contributed by atoms with Crippen molar-refractivity contribution in [3.63, 3.8) is 0 Å². The van der Waals surface area contributed by atoms with E-state index in [2.05, 4.69) is 10.3 Å². The summed E-state index contributed by atoms with van der Waals surface area (Å²) in [4.78, 5) is 13.0. The second-order valence-corrected chi connectivity index (χ2v) is 4.63. The van der Waals surface area contributed by atoms with Crippen LogP contribution >= 0.6 is 0 Å². The number of halogens is 3. The number of nitrogens with two attached hydrogens (primary N) is 1. The van der Waals surface area contributed by atoms with Crippen molar-refractivity contribution in [3.05, 3.63) is 28.1 Å². The van der Waals surface area contributed by atoms with Crippen molar-refractivity contribution in [2.24, 2.45) is 11.7 Å². The average Bonchev–Trinajstić information content (AvgIpc) is 2.34. The highest BCUT2D eigenvalue weighted by Crippen LogP contribution is 2.32. The fourth-order valence-corrected chi connectivity index (χ4v) is 1.35. The lowest BCUT2D eigenvalue weighted by Crippen LogP contribution is -2.34. The third-order valence-corrected chi connectivity index (χ3v) is 2.75. The Hall–Kier alpha value is -1.90. The third kappa shape index (κ3) is 4.05. The Labute approximate surface area is 113 Å². The Morgan fingerprint density at radius 3 is 2.55 bits per heavy atom. The molecule has 0 radical (unpaired) electrons. The summed E-state index contributed by atoms with van der Waals surface area (Å²) < 4.78 is 37.6. The van der Waals surface area contributed by atoms with Gasteiger partial charge in [0.25, 0.3) is 0 Å². The van der Waals surface area contributed by atoms with Crippen molar-refractivity contribution in [1.82, 2.24) is 4.98 Å². The minimum atomic E-state index is -4.66. The number of rotatable bonds is 5. The Kier molecular flexibility index (Phi) is 4.88. The van der Waals surface area contributed by atoms with Crippen molar-refractivity contribution < 1.29 is 18.1 Å². The largest absolute Gasteiger partial charge is 0.433 e. The van der Waals surface area contributed by atoms with Crippen LogP contribution in [0.4, 0.5) is 24.5 Å². The molecule has 9 heteroatoms. The van der Waals surface area contributed by atoms with E-state index >= 15 is 0 Å². The predicted molar refractivity (Wildman–Crippen MR) is 67.2 cm³/mol. The van der Waals surface area contributed by atoms with Crippen LogP contribution in [0.25, 0.3) is 0 Å². The number of anilines is 1. The quantitative estimate of drug-likeness (QED) is 0.642. The van der Waals surface area contributed by atoms with Crippen LogP contribution < -0.4 is 11.1 Å². The van der Waals surface area contributed by atoms with Gasteiger partial charge in [0.1, 0.15) is 17.6 Å². The van der Waals surface area contributed by atoms with Crippen molar-refractivity contribution in [2.45, 2.75) is 26.1 Å². The summed E-state index contributed by atoms with van der Waals surface area (Å²) in [5, 5.41) is 13.4. The first-order valence-corrected chi connectivity index (χ1v) is 5.84. The van der Waals surface area contributed by atoms with E-state index in [0.717, 1.165) is 0 Å². The van der Waals surface area contributed by atoms with Gasteiger partial charge in [-0.25, -0.2) is 4.98 Å². The van der Waals surface area contributed by atoms with Crippen molar-refractivity contribution in [1.29, 1.82) is 0 Å². The smallest absolute Gasteiger partial charge is 0.378 e. The minimum Gasteiger partial charge on any atom is -0.378 e. The summed E-state index contributed by atoms with van der Waals surface area (Å²) in [6.45, 7) is 3.81. The highest BCUT2D eigenvalue weighted by molar-refractivity contribution is 5.61. The molecular formula is C11H15F3N4O2. The molecule has 0 bridgehead atoms. The number of nitrogens with zero attached hydrogens (tertiary/aromatic N) is 2. The lowest BCUT2D eigenvalue weighted by molar-refractivity contribution is -0.384. The average molecular weight is 292 g/mol. The SMILES string of the molecule is CC(C)C(N)CNc1cc(C(F)(F)F)ncc1[N+](=O)[O-]. The van der Waals surface area contributed by atoms with Crippen LogP contribution in [0.2, 0.25) is 0 Å². The molecule has 1 rings (SSSR count). The number of nitrogens with one attached hydrogen (secondary N) is 1. The maximum absolute atomic E-state index is 12.5. The van der Waals surface area contributed by atoms with Crippen LogP contribution in [-0.2, 0) is 6.18 Å². The molecule has 0 spiro atoms. The maximum atomic E-state index is 12.5. The molecule has 1 unspecified atom stereocenters. The predicted octanol–water partition coefficient (Wildman–Crippen LogP) is 2.40. The van der Waals surface area contributed by atoms with Gasteiger partial charge in [-0.2, -0.15) is 13.2 Å². The Morgan fingerprint density at radius 2 is 2.10 bits per heavy atom. The summed E-state index contributed by atoms with van der Waals surface area (Å²) in [7, 11) is 0. The van der Waals surface area contributed by atoms with Crippen LogP contribution in [0.1, 0.15) is 19.5 Å². The first-order chi connectivity index (χ1) is 9.12. The molecule has 0 saturated heterocycles. The van der Waals surface area contributed by atoms with Gasteiger partial charge in [0.15, 0.2) is 0 Å². The molecule has 1 aromatic heterocycles. The highest BCUT2D eigenvalue weighted by Gasteiger charge is 2.34. The van der Waals surface area contributed by atoms with Gasteiger partial charge in [-0.15, -0.1) is 0 Å². The molecule has 1 heterocycles. The third-order valence-electron chi connectivity index (χ3n) is 2.75. The topological polar surface area (TPSA) is 94.1 Å². The minimum absolute atomic E-state index is 0.0884. The molecule has 1 aromatic rings.